The number of rotatable bonds is 12. The molecule has 1 heterocycles. The van der Waals surface area contributed by atoms with Crippen LogP contribution in [0.2, 0.25) is 0 Å². The van der Waals surface area contributed by atoms with E-state index in [9.17, 15) is 22.8 Å². The Morgan fingerprint density at radius 2 is 1.51 bits per heavy atom. The molecule has 1 saturated heterocycles. The highest BCUT2D eigenvalue weighted by Gasteiger charge is 2.41. The van der Waals surface area contributed by atoms with Gasteiger partial charge in [-0.1, -0.05) is 91.3 Å². The highest BCUT2D eigenvalue weighted by molar-refractivity contribution is 7.87. The number of likely N-dealkylation sites (N-methyl/N-ethyl adjacent to an activating group) is 2. The van der Waals surface area contributed by atoms with Gasteiger partial charge in [-0.2, -0.15) is 12.7 Å². The van der Waals surface area contributed by atoms with E-state index in [0.29, 0.717) is 13.1 Å². The van der Waals surface area contributed by atoms with Crippen molar-refractivity contribution in [1.82, 2.24) is 24.6 Å². The van der Waals surface area contributed by atoms with E-state index in [1.807, 2.05) is 78.8 Å². The van der Waals surface area contributed by atoms with Crippen molar-refractivity contribution < 1.29 is 22.8 Å². The third-order valence-corrected chi connectivity index (χ3v) is 9.81. The van der Waals surface area contributed by atoms with Crippen LogP contribution in [-0.2, 0) is 30.0 Å². The lowest BCUT2D eigenvalue weighted by atomic mass is 9.76. The second kappa shape index (κ2) is 14.8. The summed E-state index contributed by atoms with van der Waals surface area (Å²) in [7, 11) is -0.574. The van der Waals surface area contributed by atoms with Gasteiger partial charge in [0.15, 0.2) is 0 Å². The maximum Gasteiger partial charge on any atom is 0.304 e. The molecule has 0 spiro atoms. The van der Waals surface area contributed by atoms with E-state index in [-0.39, 0.29) is 23.3 Å². The Labute approximate surface area is 259 Å². The minimum absolute atomic E-state index is 0.103. The van der Waals surface area contributed by atoms with Gasteiger partial charge in [0, 0.05) is 31.1 Å². The van der Waals surface area contributed by atoms with Crippen LogP contribution in [0, 0.1) is 11.3 Å². The number of nitrogens with one attached hydrogen (secondary N) is 3. The predicted molar refractivity (Wildman–Crippen MR) is 171 cm³/mol. The van der Waals surface area contributed by atoms with Crippen LogP contribution in [0.4, 0.5) is 0 Å². The molecule has 0 bridgehead atoms. The van der Waals surface area contributed by atoms with Crippen LogP contribution in [0.3, 0.4) is 0 Å². The number of hydrogen-bond acceptors (Lipinski definition) is 6. The van der Waals surface area contributed by atoms with Gasteiger partial charge < -0.3 is 15.5 Å². The third-order valence-electron chi connectivity index (χ3n) is 8.32. The lowest BCUT2D eigenvalue weighted by Crippen LogP contribution is -2.61. The van der Waals surface area contributed by atoms with Crippen molar-refractivity contribution in [2.45, 2.75) is 98.2 Å². The summed E-state index contributed by atoms with van der Waals surface area (Å²) in [6, 6.07) is 7.74. The Bertz CT molecular complexity index is 1250. The van der Waals surface area contributed by atoms with E-state index < -0.39 is 45.1 Å². The predicted octanol–water partition coefficient (Wildman–Crippen LogP) is 3.36. The summed E-state index contributed by atoms with van der Waals surface area (Å²) in [5, 5.41) is 6.17. The van der Waals surface area contributed by atoms with Gasteiger partial charge in [0.25, 0.3) is 5.91 Å². The van der Waals surface area contributed by atoms with E-state index in [1.165, 1.54) is 9.21 Å². The number of benzene rings is 1. The van der Waals surface area contributed by atoms with Crippen molar-refractivity contribution >= 4 is 27.9 Å². The monoisotopic (exact) mass is 619 g/mol. The van der Waals surface area contributed by atoms with Crippen LogP contribution < -0.4 is 15.4 Å². The smallest absolute Gasteiger partial charge is 0.304 e. The number of hydrogen-bond donors (Lipinski definition) is 3. The fourth-order valence-electron chi connectivity index (χ4n) is 5.53. The molecule has 43 heavy (non-hydrogen) atoms. The number of amides is 3. The normalized spacial score (nSPS) is 17.6. The first-order valence-corrected chi connectivity index (χ1v) is 16.6. The fraction of sp³-hybridized carbons (Fsp3) is 0.656. The molecule has 3 N–H and O–H groups in total. The van der Waals surface area contributed by atoms with Crippen LogP contribution in [-0.4, -0.2) is 80.7 Å². The largest absolute Gasteiger partial charge is 0.342 e. The van der Waals surface area contributed by atoms with E-state index in [1.54, 1.807) is 27.1 Å². The summed E-state index contributed by atoms with van der Waals surface area (Å²) in [5.74, 6) is -1.43. The molecule has 3 amide bonds. The molecule has 242 valence electrons. The maximum atomic E-state index is 14.0. The topological polar surface area (TPSA) is 128 Å². The summed E-state index contributed by atoms with van der Waals surface area (Å²) >= 11 is 0. The molecular weight excluding hydrogens is 566 g/mol. The van der Waals surface area contributed by atoms with Crippen molar-refractivity contribution in [2.24, 2.45) is 11.3 Å². The van der Waals surface area contributed by atoms with Crippen LogP contribution in [0.25, 0.3) is 0 Å². The van der Waals surface area contributed by atoms with E-state index in [2.05, 4.69) is 15.4 Å². The van der Waals surface area contributed by atoms with Crippen LogP contribution in [0.15, 0.2) is 42.0 Å². The summed E-state index contributed by atoms with van der Waals surface area (Å²) in [4.78, 5) is 42.3. The van der Waals surface area contributed by atoms with Gasteiger partial charge in [0.1, 0.15) is 6.04 Å². The average Bonchev–Trinajstić information content (AvgIpc) is 2.93. The van der Waals surface area contributed by atoms with Crippen molar-refractivity contribution in [1.29, 1.82) is 0 Å². The quantitative estimate of drug-likeness (QED) is 0.308. The number of piperidine rings is 1. The van der Waals surface area contributed by atoms with Crippen molar-refractivity contribution in [2.75, 3.05) is 27.2 Å². The van der Waals surface area contributed by atoms with Gasteiger partial charge in [-0.05, 0) is 43.7 Å². The summed E-state index contributed by atoms with van der Waals surface area (Å²) in [6.07, 6.45) is 4.11. The van der Waals surface area contributed by atoms with E-state index in [0.717, 1.165) is 24.8 Å². The first-order valence-electron chi connectivity index (χ1n) is 15.1. The highest BCUT2D eigenvalue weighted by Crippen LogP contribution is 2.29. The number of nitrogens with zero attached hydrogens (tertiary/aromatic N) is 2. The van der Waals surface area contributed by atoms with Gasteiger partial charge in [-0.3, -0.25) is 14.4 Å². The molecule has 2 rings (SSSR count). The highest BCUT2D eigenvalue weighted by atomic mass is 32.2. The van der Waals surface area contributed by atoms with Gasteiger partial charge >= 0.3 is 10.2 Å². The lowest BCUT2D eigenvalue weighted by Gasteiger charge is -2.40. The SMILES string of the molecule is CN[C@H](C(=O)NC(C(=O)N(C)[C@H](/C=C(\C)C(=O)NS(=O)(=O)N1CCCCC1)C(C)C)C(C)(C)C)C(C)(C)c1ccccc1. The first kappa shape index (κ1) is 36.4. The van der Waals surface area contributed by atoms with Gasteiger partial charge in [0.2, 0.25) is 11.8 Å². The molecule has 10 nitrogen and oxygen atoms in total. The molecule has 1 aliphatic heterocycles. The third kappa shape index (κ3) is 9.36. The molecule has 1 aliphatic rings. The molecule has 0 saturated carbocycles. The van der Waals surface area contributed by atoms with E-state index >= 15 is 0 Å². The second-order valence-corrected chi connectivity index (χ2v) is 15.2. The summed E-state index contributed by atoms with van der Waals surface area (Å²) in [5.41, 5.74) is -0.0211. The Morgan fingerprint density at radius 1 is 0.953 bits per heavy atom. The minimum atomic E-state index is -3.95. The lowest BCUT2D eigenvalue weighted by molar-refractivity contribution is -0.140. The van der Waals surface area contributed by atoms with Crippen molar-refractivity contribution in [3.63, 3.8) is 0 Å². The standard InChI is InChI=1S/C32H53N5O5S/c1-22(2)25(21-23(3)28(38)35-43(41,42)37-19-15-12-16-20-37)36(10)30(40)27(31(4,5)6)34-29(39)26(33-9)32(7,8)24-17-13-11-14-18-24/h11,13-14,17-18,21-22,25-27,33H,12,15-16,19-20H2,1-10H3,(H,34,39)(H,35,38)/b23-21+/t25-,26-,27?/m1/s1. The molecule has 1 fully saturated rings. The van der Waals surface area contributed by atoms with Crippen LogP contribution in [0.1, 0.15) is 80.2 Å². The van der Waals surface area contributed by atoms with Gasteiger partial charge in [0.05, 0.1) is 12.1 Å². The van der Waals surface area contributed by atoms with Crippen molar-refractivity contribution in [3.05, 3.63) is 47.5 Å². The van der Waals surface area contributed by atoms with Crippen LogP contribution in [0.5, 0.6) is 0 Å². The molecule has 0 aliphatic carbocycles. The van der Waals surface area contributed by atoms with Crippen molar-refractivity contribution in [3.8, 4) is 0 Å². The minimum Gasteiger partial charge on any atom is -0.342 e. The Kier molecular flexibility index (Phi) is 12.5. The Balaban J connectivity index is 2.29. The fourth-order valence-corrected chi connectivity index (χ4v) is 6.79. The second-order valence-electron chi connectivity index (χ2n) is 13.5. The first-order chi connectivity index (χ1) is 19.8. The zero-order valence-corrected chi connectivity index (χ0v) is 28.5. The average molecular weight is 620 g/mol. The molecule has 1 aromatic rings. The number of carbonyl (C=O) groups excluding carboxylic acids is 3. The summed E-state index contributed by atoms with van der Waals surface area (Å²) in [6.45, 7) is 15.8. The molecule has 1 aromatic carbocycles. The zero-order valence-electron chi connectivity index (χ0n) is 27.7. The zero-order chi connectivity index (χ0) is 32.8. The van der Waals surface area contributed by atoms with Gasteiger partial charge in [-0.15, -0.1) is 0 Å². The molecule has 0 aromatic heterocycles. The van der Waals surface area contributed by atoms with E-state index in [4.69, 9.17) is 0 Å². The molecule has 0 radical (unpaired) electrons. The maximum absolute atomic E-state index is 14.0. The molecule has 11 heteroatoms. The van der Waals surface area contributed by atoms with Gasteiger partial charge in [-0.25, -0.2) is 4.72 Å². The Hall–Kier alpha value is -2.76. The number of carbonyl (C=O) groups is 3. The summed E-state index contributed by atoms with van der Waals surface area (Å²) < 4.78 is 29.0. The Morgan fingerprint density at radius 3 is 2.00 bits per heavy atom. The van der Waals surface area contributed by atoms with Crippen LogP contribution >= 0.6 is 0 Å². The molecule has 1 unspecified atom stereocenters. The molecule has 3 atom stereocenters. The molecular formula is C32H53N5O5S.